The van der Waals surface area contributed by atoms with Gasteiger partial charge in [-0.05, 0) is 36.4 Å². The van der Waals surface area contributed by atoms with Gasteiger partial charge in [0.25, 0.3) is 0 Å². The monoisotopic (exact) mass is 387 g/mol. The van der Waals surface area contributed by atoms with Gasteiger partial charge in [-0.15, -0.1) is 0 Å². The van der Waals surface area contributed by atoms with Crippen LogP contribution in [-0.4, -0.2) is 50.6 Å². The Morgan fingerprint density at radius 3 is 2.44 bits per heavy atom. The zero-order valence-corrected chi connectivity index (χ0v) is 16.6. The maximum Gasteiger partial charge on any atom is 0.228 e. The van der Waals surface area contributed by atoms with Crippen LogP contribution in [0.2, 0.25) is 5.02 Å². The minimum atomic E-state index is -0.0594. The van der Waals surface area contributed by atoms with Crippen molar-refractivity contribution in [1.29, 1.82) is 0 Å². The van der Waals surface area contributed by atoms with Crippen LogP contribution >= 0.6 is 11.6 Å². The fourth-order valence-corrected chi connectivity index (χ4v) is 3.64. The van der Waals surface area contributed by atoms with Crippen LogP contribution in [-0.2, 0) is 11.2 Å². The van der Waals surface area contributed by atoms with Crippen LogP contribution < -0.4 is 15.0 Å². The molecular weight excluding hydrogens is 362 g/mol. The molecule has 1 heterocycles. The van der Waals surface area contributed by atoms with Crippen LogP contribution in [0, 0.1) is 0 Å². The molecule has 1 amide bonds. The molecule has 0 unspecified atom stereocenters. The van der Waals surface area contributed by atoms with Crippen molar-refractivity contribution in [1.82, 2.24) is 4.90 Å². The Kier molecular flexibility index (Phi) is 6.58. The van der Waals surface area contributed by atoms with Crippen molar-refractivity contribution in [3.63, 3.8) is 0 Å². The van der Waals surface area contributed by atoms with Crippen LogP contribution in [0.4, 0.5) is 11.4 Å². The van der Waals surface area contributed by atoms with E-state index in [1.165, 1.54) is 0 Å². The van der Waals surface area contributed by atoms with Gasteiger partial charge in [0, 0.05) is 26.2 Å². The van der Waals surface area contributed by atoms with Gasteiger partial charge in [-0.25, -0.2) is 0 Å². The Balaban J connectivity index is 1.70. The molecule has 0 saturated carbocycles. The van der Waals surface area contributed by atoms with E-state index in [9.17, 15) is 4.79 Å². The Labute approximate surface area is 165 Å². The van der Waals surface area contributed by atoms with Crippen molar-refractivity contribution in [2.45, 2.75) is 13.3 Å². The van der Waals surface area contributed by atoms with Gasteiger partial charge >= 0.3 is 0 Å². The Bertz CT molecular complexity index is 771. The fraction of sp³-hybridized carbons (Fsp3) is 0.381. The molecule has 0 aromatic heterocycles. The highest BCUT2D eigenvalue weighted by molar-refractivity contribution is 6.34. The molecule has 1 N–H and O–H groups in total. The minimum Gasteiger partial charge on any atom is -0.497 e. The van der Waals surface area contributed by atoms with Crippen molar-refractivity contribution >= 4 is 28.9 Å². The number of nitrogens with zero attached hydrogens (tertiary/aromatic N) is 2. The molecule has 2 aromatic rings. The number of para-hydroxylation sites is 1. The number of carbonyl (C=O) groups excluding carboxylic acids is 1. The lowest BCUT2D eigenvalue weighted by Gasteiger charge is -2.36. The molecule has 1 aliphatic heterocycles. The summed E-state index contributed by atoms with van der Waals surface area (Å²) >= 11 is 6.49. The number of hydrogen-bond acceptors (Lipinski definition) is 4. The average molecular weight is 388 g/mol. The molecule has 3 rings (SSSR count). The molecular formula is C21H26ClN3O2. The first kappa shape index (κ1) is 19.5. The Morgan fingerprint density at radius 2 is 1.81 bits per heavy atom. The maximum absolute atomic E-state index is 12.6. The maximum atomic E-state index is 12.6. The predicted octanol–water partition coefficient (Wildman–Crippen LogP) is 3.67. The second kappa shape index (κ2) is 9.11. The van der Waals surface area contributed by atoms with Crippen LogP contribution in [0.1, 0.15) is 12.5 Å². The van der Waals surface area contributed by atoms with E-state index in [1.807, 2.05) is 42.5 Å². The largest absolute Gasteiger partial charge is 0.497 e. The molecule has 1 saturated heterocycles. The molecule has 0 radical (unpaired) electrons. The minimum absolute atomic E-state index is 0.0594. The number of amides is 1. The second-order valence-corrected chi connectivity index (χ2v) is 7.04. The number of hydrogen-bond donors (Lipinski definition) is 1. The molecule has 0 spiro atoms. The summed E-state index contributed by atoms with van der Waals surface area (Å²) in [6, 6.07) is 13.2. The first-order chi connectivity index (χ1) is 13.1. The van der Waals surface area contributed by atoms with Crippen LogP contribution in [0.15, 0.2) is 42.5 Å². The van der Waals surface area contributed by atoms with Crippen molar-refractivity contribution in [2.24, 2.45) is 0 Å². The third kappa shape index (κ3) is 4.93. The first-order valence-electron chi connectivity index (χ1n) is 9.29. The van der Waals surface area contributed by atoms with Crippen molar-refractivity contribution < 1.29 is 9.53 Å². The van der Waals surface area contributed by atoms with Gasteiger partial charge in [-0.1, -0.05) is 36.7 Å². The average Bonchev–Trinajstić information content (AvgIpc) is 2.69. The van der Waals surface area contributed by atoms with Gasteiger partial charge in [0.1, 0.15) is 5.75 Å². The summed E-state index contributed by atoms with van der Waals surface area (Å²) in [7, 11) is 1.63. The third-order valence-corrected chi connectivity index (χ3v) is 5.23. The summed E-state index contributed by atoms with van der Waals surface area (Å²) in [5.41, 5.74) is 2.62. The zero-order valence-electron chi connectivity index (χ0n) is 15.9. The summed E-state index contributed by atoms with van der Waals surface area (Å²) in [4.78, 5) is 17.2. The molecule has 2 aromatic carbocycles. The zero-order chi connectivity index (χ0) is 19.2. The molecule has 6 heteroatoms. The number of likely N-dealkylation sites (N-methyl/N-ethyl adjacent to an activating group) is 1. The molecule has 1 fully saturated rings. The van der Waals surface area contributed by atoms with E-state index in [1.54, 1.807) is 7.11 Å². The lowest BCUT2D eigenvalue weighted by molar-refractivity contribution is -0.115. The van der Waals surface area contributed by atoms with Gasteiger partial charge in [0.05, 0.1) is 29.9 Å². The van der Waals surface area contributed by atoms with E-state index in [0.717, 1.165) is 55.4 Å². The molecule has 0 bridgehead atoms. The molecule has 27 heavy (non-hydrogen) atoms. The number of rotatable bonds is 6. The van der Waals surface area contributed by atoms with E-state index < -0.39 is 0 Å². The smallest absolute Gasteiger partial charge is 0.228 e. The first-order valence-corrected chi connectivity index (χ1v) is 9.67. The quantitative estimate of drug-likeness (QED) is 0.821. The standard InChI is InChI=1S/C21H26ClN3O2/c1-3-24-11-13-25(14-12-24)21-18(22)5-4-6-19(21)23-20(26)15-16-7-9-17(27-2)10-8-16/h4-10H,3,11-15H2,1-2H3,(H,23,26). The van der Waals surface area contributed by atoms with Gasteiger partial charge in [0.2, 0.25) is 5.91 Å². The van der Waals surface area contributed by atoms with Gasteiger partial charge in [0.15, 0.2) is 0 Å². The third-order valence-electron chi connectivity index (χ3n) is 4.92. The highest BCUT2D eigenvalue weighted by Gasteiger charge is 2.21. The van der Waals surface area contributed by atoms with E-state index in [0.29, 0.717) is 11.4 Å². The predicted molar refractivity (Wildman–Crippen MR) is 111 cm³/mol. The number of anilines is 2. The number of benzene rings is 2. The topological polar surface area (TPSA) is 44.8 Å². The van der Waals surface area contributed by atoms with E-state index in [-0.39, 0.29) is 5.91 Å². The number of piperazine rings is 1. The molecule has 5 nitrogen and oxygen atoms in total. The number of halogens is 1. The second-order valence-electron chi connectivity index (χ2n) is 6.63. The lowest BCUT2D eigenvalue weighted by Crippen LogP contribution is -2.46. The van der Waals surface area contributed by atoms with Crippen molar-refractivity contribution in [2.75, 3.05) is 50.1 Å². The molecule has 0 aliphatic carbocycles. The van der Waals surface area contributed by atoms with Gasteiger partial charge in [-0.3, -0.25) is 4.79 Å². The number of ether oxygens (including phenoxy) is 1. The Morgan fingerprint density at radius 1 is 1.11 bits per heavy atom. The van der Waals surface area contributed by atoms with E-state index >= 15 is 0 Å². The van der Waals surface area contributed by atoms with Gasteiger partial charge < -0.3 is 19.9 Å². The summed E-state index contributed by atoms with van der Waals surface area (Å²) in [6.45, 7) is 7.04. The highest BCUT2D eigenvalue weighted by atomic mass is 35.5. The summed E-state index contributed by atoms with van der Waals surface area (Å²) in [5, 5.41) is 3.71. The lowest BCUT2D eigenvalue weighted by atomic mass is 10.1. The summed E-state index contributed by atoms with van der Waals surface area (Å²) < 4.78 is 5.16. The number of nitrogens with one attached hydrogen (secondary N) is 1. The SMILES string of the molecule is CCN1CCN(c2c(Cl)cccc2NC(=O)Cc2ccc(OC)cc2)CC1. The fourth-order valence-electron chi connectivity index (χ4n) is 3.35. The number of carbonyl (C=O) groups is 1. The van der Waals surface area contributed by atoms with Crippen LogP contribution in [0.3, 0.4) is 0 Å². The van der Waals surface area contributed by atoms with E-state index in [2.05, 4.69) is 22.0 Å². The van der Waals surface area contributed by atoms with Crippen molar-refractivity contribution in [3.05, 3.63) is 53.1 Å². The summed E-state index contributed by atoms with van der Waals surface area (Å²) in [6.07, 6.45) is 0.305. The van der Waals surface area contributed by atoms with Crippen molar-refractivity contribution in [3.8, 4) is 5.75 Å². The van der Waals surface area contributed by atoms with Crippen LogP contribution in [0.5, 0.6) is 5.75 Å². The Hall–Kier alpha value is -2.24. The highest BCUT2D eigenvalue weighted by Crippen LogP contribution is 2.34. The molecule has 0 atom stereocenters. The molecule has 144 valence electrons. The summed E-state index contributed by atoms with van der Waals surface area (Å²) in [5.74, 6) is 0.721. The normalized spacial score (nSPS) is 14.9. The van der Waals surface area contributed by atoms with Crippen LogP contribution in [0.25, 0.3) is 0 Å². The number of methoxy groups -OCH3 is 1. The van der Waals surface area contributed by atoms with Gasteiger partial charge in [-0.2, -0.15) is 0 Å². The van der Waals surface area contributed by atoms with E-state index in [4.69, 9.17) is 16.3 Å². The molecule has 1 aliphatic rings.